The Bertz CT molecular complexity index is 509. The van der Waals surface area contributed by atoms with E-state index in [0.29, 0.717) is 0 Å². The van der Waals surface area contributed by atoms with Crippen LogP contribution in [0.4, 0.5) is 5.13 Å². The summed E-state index contributed by atoms with van der Waals surface area (Å²) >= 11 is 1.75. The average molecular weight is 262 g/mol. The van der Waals surface area contributed by atoms with Crippen LogP contribution in [-0.4, -0.2) is 27.9 Å². The Morgan fingerprint density at radius 2 is 1.94 bits per heavy atom. The molecule has 1 aliphatic rings. The van der Waals surface area contributed by atoms with Gasteiger partial charge in [-0.15, -0.1) is 11.3 Å². The monoisotopic (exact) mass is 262 g/mol. The van der Waals surface area contributed by atoms with E-state index < -0.39 is 0 Å². The van der Waals surface area contributed by atoms with E-state index in [-0.39, 0.29) is 0 Å². The Hall–Kier alpha value is -1.36. The van der Waals surface area contributed by atoms with E-state index >= 15 is 0 Å². The molecule has 0 amide bonds. The van der Waals surface area contributed by atoms with Crippen LogP contribution in [0.15, 0.2) is 17.8 Å². The van der Waals surface area contributed by atoms with Gasteiger partial charge >= 0.3 is 0 Å². The van der Waals surface area contributed by atoms with Crippen molar-refractivity contribution in [2.24, 2.45) is 7.05 Å². The summed E-state index contributed by atoms with van der Waals surface area (Å²) < 4.78 is 1.82. The standard InChI is InChI=1S/C13H18N4S/c1-16-9-11(8-14-16)12-10-18-13(15-12)17-6-4-2-3-5-7-17/h8-10H,2-7H2,1H3. The molecule has 1 aliphatic heterocycles. The molecule has 3 heterocycles. The van der Waals surface area contributed by atoms with Crippen molar-refractivity contribution in [1.82, 2.24) is 14.8 Å². The number of aromatic nitrogens is 3. The van der Waals surface area contributed by atoms with Crippen LogP contribution in [0.5, 0.6) is 0 Å². The lowest BCUT2D eigenvalue weighted by Crippen LogP contribution is -2.23. The lowest BCUT2D eigenvalue weighted by molar-refractivity contribution is 0.726. The van der Waals surface area contributed by atoms with Crippen LogP contribution in [0.2, 0.25) is 0 Å². The average Bonchev–Trinajstić information content (AvgIpc) is 2.92. The van der Waals surface area contributed by atoms with E-state index in [9.17, 15) is 0 Å². The number of anilines is 1. The van der Waals surface area contributed by atoms with Crippen molar-refractivity contribution in [1.29, 1.82) is 0 Å². The fourth-order valence-corrected chi connectivity index (χ4v) is 3.25. The predicted octanol–water partition coefficient (Wildman–Crippen LogP) is 2.92. The van der Waals surface area contributed by atoms with Gasteiger partial charge in [0.1, 0.15) is 0 Å². The van der Waals surface area contributed by atoms with Gasteiger partial charge in [-0.3, -0.25) is 4.68 Å². The van der Waals surface area contributed by atoms with Crippen LogP contribution in [0.1, 0.15) is 25.7 Å². The Morgan fingerprint density at radius 3 is 2.61 bits per heavy atom. The molecule has 0 saturated carbocycles. The van der Waals surface area contributed by atoms with Gasteiger partial charge in [0.05, 0.1) is 11.9 Å². The summed E-state index contributed by atoms with van der Waals surface area (Å²) in [6, 6.07) is 0. The van der Waals surface area contributed by atoms with Gasteiger partial charge in [0.2, 0.25) is 0 Å². The maximum Gasteiger partial charge on any atom is 0.185 e. The Balaban J connectivity index is 1.80. The van der Waals surface area contributed by atoms with Crippen LogP contribution in [0.25, 0.3) is 11.3 Å². The van der Waals surface area contributed by atoms with Crippen LogP contribution >= 0.6 is 11.3 Å². The minimum absolute atomic E-state index is 1.05. The van der Waals surface area contributed by atoms with Gasteiger partial charge in [-0.25, -0.2) is 4.98 Å². The first kappa shape index (κ1) is 11.7. The molecule has 5 heteroatoms. The molecular weight excluding hydrogens is 244 g/mol. The van der Waals surface area contributed by atoms with Crippen molar-refractivity contribution < 1.29 is 0 Å². The molecule has 2 aromatic heterocycles. The van der Waals surface area contributed by atoms with E-state index in [0.717, 1.165) is 29.5 Å². The van der Waals surface area contributed by atoms with Gasteiger partial charge in [-0.1, -0.05) is 12.8 Å². The molecular formula is C13H18N4S. The van der Waals surface area contributed by atoms with E-state index in [1.165, 1.54) is 25.7 Å². The second-order valence-electron chi connectivity index (χ2n) is 4.82. The highest BCUT2D eigenvalue weighted by Crippen LogP contribution is 2.28. The zero-order chi connectivity index (χ0) is 12.4. The van der Waals surface area contributed by atoms with Crippen molar-refractivity contribution in [3.8, 4) is 11.3 Å². The summed E-state index contributed by atoms with van der Waals surface area (Å²) in [6.45, 7) is 2.31. The molecule has 0 bridgehead atoms. The highest BCUT2D eigenvalue weighted by molar-refractivity contribution is 7.14. The molecule has 0 radical (unpaired) electrons. The Labute approximate surface area is 111 Å². The number of hydrogen-bond acceptors (Lipinski definition) is 4. The SMILES string of the molecule is Cn1cc(-c2csc(N3CCCCCC3)n2)cn1. The lowest BCUT2D eigenvalue weighted by atomic mass is 10.2. The summed E-state index contributed by atoms with van der Waals surface area (Å²) in [5.41, 5.74) is 2.15. The summed E-state index contributed by atoms with van der Waals surface area (Å²) in [5.74, 6) is 0. The quantitative estimate of drug-likeness (QED) is 0.834. The van der Waals surface area contributed by atoms with Crippen molar-refractivity contribution in [2.45, 2.75) is 25.7 Å². The van der Waals surface area contributed by atoms with Crippen molar-refractivity contribution >= 4 is 16.5 Å². The largest absolute Gasteiger partial charge is 0.348 e. The molecule has 3 rings (SSSR count). The molecule has 0 spiro atoms. The zero-order valence-electron chi connectivity index (χ0n) is 10.7. The fraction of sp³-hybridized carbons (Fsp3) is 0.538. The van der Waals surface area contributed by atoms with Crippen LogP contribution < -0.4 is 4.90 Å². The van der Waals surface area contributed by atoms with Gasteiger partial charge in [-0.05, 0) is 12.8 Å². The van der Waals surface area contributed by atoms with Crippen LogP contribution in [-0.2, 0) is 7.05 Å². The molecule has 0 atom stereocenters. The third-order valence-corrected chi connectivity index (χ3v) is 4.27. The predicted molar refractivity (Wildman–Crippen MR) is 75.0 cm³/mol. The van der Waals surface area contributed by atoms with E-state index in [1.54, 1.807) is 11.3 Å². The van der Waals surface area contributed by atoms with Gasteiger partial charge < -0.3 is 4.90 Å². The number of hydrogen-bond donors (Lipinski definition) is 0. The minimum Gasteiger partial charge on any atom is -0.348 e. The minimum atomic E-state index is 1.05. The molecule has 0 unspecified atom stereocenters. The van der Waals surface area contributed by atoms with Crippen LogP contribution in [0.3, 0.4) is 0 Å². The molecule has 0 aromatic carbocycles. The van der Waals surface area contributed by atoms with Crippen molar-refractivity contribution in [3.63, 3.8) is 0 Å². The second-order valence-corrected chi connectivity index (χ2v) is 5.66. The third-order valence-electron chi connectivity index (χ3n) is 3.37. The van der Waals surface area contributed by atoms with Crippen LogP contribution in [0, 0.1) is 0 Å². The molecule has 4 nitrogen and oxygen atoms in total. The zero-order valence-corrected chi connectivity index (χ0v) is 11.5. The Kier molecular flexibility index (Phi) is 3.32. The Morgan fingerprint density at radius 1 is 1.17 bits per heavy atom. The first-order valence-electron chi connectivity index (χ1n) is 6.52. The summed E-state index contributed by atoms with van der Waals surface area (Å²) in [7, 11) is 1.94. The highest BCUT2D eigenvalue weighted by atomic mass is 32.1. The van der Waals surface area contributed by atoms with E-state index in [1.807, 2.05) is 24.1 Å². The fourth-order valence-electron chi connectivity index (χ4n) is 2.36. The number of thiazole rings is 1. The van der Waals surface area contributed by atoms with Gasteiger partial charge in [0.15, 0.2) is 5.13 Å². The van der Waals surface area contributed by atoms with Gasteiger partial charge in [-0.2, -0.15) is 5.10 Å². The van der Waals surface area contributed by atoms with Gasteiger partial charge in [0, 0.05) is 37.3 Å². The molecule has 0 N–H and O–H groups in total. The van der Waals surface area contributed by atoms with Crippen molar-refractivity contribution in [2.75, 3.05) is 18.0 Å². The van der Waals surface area contributed by atoms with Crippen molar-refractivity contribution in [3.05, 3.63) is 17.8 Å². The van der Waals surface area contributed by atoms with E-state index in [2.05, 4.69) is 15.4 Å². The molecule has 18 heavy (non-hydrogen) atoms. The number of nitrogens with zero attached hydrogens (tertiary/aromatic N) is 4. The highest BCUT2D eigenvalue weighted by Gasteiger charge is 2.14. The first-order valence-corrected chi connectivity index (χ1v) is 7.40. The number of aryl methyl sites for hydroxylation is 1. The van der Waals surface area contributed by atoms with Gasteiger partial charge in [0.25, 0.3) is 0 Å². The number of rotatable bonds is 2. The molecule has 2 aromatic rings. The summed E-state index contributed by atoms with van der Waals surface area (Å²) in [6.07, 6.45) is 9.20. The first-order chi connectivity index (χ1) is 8.83. The second kappa shape index (κ2) is 5.10. The maximum atomic E-state index is 4.75. The molecule has 96 valence electrons. The topological polar surface area (TPSA) is 34.0 Å². The van der Waals surface area contributed by atoms with E-state index in [4.69, 9.17) is 4.98 Å². The lowest BCUT2D eigenvalue weighted by Gasteiger charge is -2.18. The maximum absolute atomic E-state index is 4.75. The molecule has 0 aliphatic carbocycles. The normalized spacial score (nSPS) is 16.8. The third kappa shape index (κ3) is 2.41. The smallest absolute Gasteiger partial charge is 0.185 e. The summed E-state index contributed by atoms with van der Waals surface area (Å²) in [4.78, 5) is 7.18. The molecule has 1 saturated heterocycles. The molecule has 1 fully saturated rings. The summed E-state index contributed by atoms with van der Waals surface area (Å²) in [5, 5.41) is 7.50.